The molecule has 1 rings (SSSR count). The maximum Gasteiger partial charge on any atom is 0.249 e. The van der Waals surface area contributed by atoms with E-state index in [0.717, 1.165) is 38.8 Å². The molecule has 0 bridgehead atoms. The molecule has 0 aliphatic carbocycles. The van der Waals surface area contributed by atoms with E-state index < -0.39 is 0 Å². The first-order valence-corrected chi connectivity index (χ1v) is 7.30. The predicted octanol–water partition coefficient (Wildman–Crippen LogP) is 1.70. The quantitative estimate of drug-likeness (QED) is 0.729. The largest absolute Gasteiger partial charge is 0.368 e. The molecule has 0 aromatic rings. The van der Waals surface area contributed by atoms with Crippen LogP contribution >= 0.6 is 0 Å². The molecule has 1 unspecified atom stereocenters. The molecule has 1 atom stereocenters. The normalized spacial score (nSPS) is 18.9. The van der Waals surface area contributed by atoms with Crippen LogP contribution in [0.5, 0.6) is 0 Å². The third-order valence-electron chi connectivity index (χ3n) is 3.74. The standard InChI is InChI=1S/C14H28N2O2/c1-4-13(5-2)16-14(17)11(3)18-10-12-6-8-15-9-7-12/h11-13,15H,4-10H2,1-3H3,(H,16,17). The van der Waals surface area contributed by atoms with E-state index in [1.165, 1.54) is 0 Å². The van der Waals surface area contributed by atoms with Gasteiger partial charge in [0.1, 0.15) is 6.10 Å². The lowest BCUT2D eigenvalue weighted by atomic mass is 9.99. The van der Waals surface area contributed by atoms with E-state index in [9.17, 15) is 4.79 Å². The first kappa shape index (κ1) is 15.4. The molecule has 1 heterocycles. The van der Waals surface area contributed by atoms with Gasteiger partial charge in [0.15, 0.2) is 0 Å². The molecular formula is C14H28N2O2. The second kappa shape index (κ2) is 8.48. The zero-order chi connectivity index (χ0) is 13.4. The van der Waals surface area contributed by atoms with Crippen molar-refractivity contribution < 1.29 is 9.53 Å². The summed E-state index contributed by atoms with van der Waals surface area (Å²) in [6.07, 6.45) is 3.93. The van der Waals surface area contributed by atoms with Gasteiger partial charge >= 0.3 is 0 Å². The number of hydrogen-bond donors (Lipinski definition) is 2. The van der Waals surface area contributed by atoms with Crippen molar-refractivity contribution in [1.82, 2.24) is 10.6 Å². The third-order valence-corrected chi connectivity index (χ3v) is 3.74. The van der Waals surface area contributed by atoms with Gasteiger partial charge in [0.05, 0.1) is 6.61 Å². The number of carbonyl (C=O) groups is 1. The molecular weight excluding hydrogens is 228 g/mol. The number of nitrogens with one attached hydrogen (secondary N) is 2. The van der Waals surface area contributed by atoms with Crippen molar-refractivity contribution in [1.29, 1.82) is 0 Å². The molecule has 1 aliphatic rings. The van der Waals surface area contributed by atoms with Crippen molar-refractivity contribution in [3.63, 3.8) is 0 Å². The number of piperidine rings is 1. The van der Waals surface area contributed by atoms with Gasteiger partial charge in [-0.2, -0.15) is 0 Å². The van der Waals surface area contributed by atoms with Gasteiger partial charge in [-0.05, 0) is 51.6 Å². The maximum atomic E-state index is 11.9. The summed E-state index contributed by atoms with van der Waals surface area (Å²) < 4.78 is 5.69. The summed E-state index contributed by atoms with van der Waals surface area (Å²) in [6, 6.07) is 0.280. The SMILES string of the molecule is CCC(CC)NC(=O)C(C)OCC1CCNCC1. The van der Waals surface area contributed by atoms with E-state index in [4.69, 9.17) is 4.74 Å². The fourth-order valence-corrected chi connectivity index (χ4v) is 2.22. The first-order chi connectivity index (χ1) is 8.67. The summed E-state index contributed by atoms with van der Waals surface area (Å²) in [5.74, 6) is 0.632. The molecule has 0 aromatic carbocycles. The maximum absolute atomic E-state index is 11.9. The summed E-state index contributed by atoms with van der Waals surface area (Å²) in [4.78, 5) is 11.9. The van der Waals surface area contributed by atoms with Gasteiger partial charge < -0.3 is 15.4 Å². The number of rotatable bonds is 7. The van der Waals surface area contributed by atoms with E-state index in [0.29, 0.717) is 12.5 Å². The number of ether oxygens (including phenoxy) is 1. The summed E-state index contributed by atoms with van der Waals surface area (Å²) >= 11 is 0. The van der Waals surface area contributed by atoms with Crippen LogP contribution in [0.15, 0.2) is 0 Å². The van der Waals surface area contributed by atoms with Crippen LogP contribution in [0.4, 0.5) is 0 Å². The van der Waals surface area contributed by atoms with E-state index in [1.54, 1.807) is 0 Å². The lowest BCUT2D eigenvalue weighted by molar-refractivity contribution is -0.133. The zero-order valence-corrected chi connectivity index (χ0v) is 12.0. The van der Waals surface area contributed by atoms with Gasteiger partial charge in [-0.1, -0.05) is 13.8 Å². The van der Waals surface area contributed by atoms with Gasteiger partial charge in [0.2, 0.25) is 5.91 Å². The Morgan fingerprint density at radius 3 is 2.50 bits per heavy atom. The van der Waals surface area contributed by atoms with E-state index in [2.05, 4.69) is 24.5 Å². The van der Waals surface area contributed by atoms with Crippen molar-refractivity contribution in [3.05, 3.63) is 0 Å². The summed E-state index contributed by atoms with van der Waals surface area (Å²) in [5, 5.41) is 6.36. The Morgan fingerprint density at radius 2 is 1.94 bits per heavy atom. The molecule has 0 aromatic heterocycles. The average molecular weight is 256 g/mol. The molecule has 0 radical (unpaired) electrons. The van der Waals surface area contributed by atoms with Gasteiger partial charge in [0, 0.05) is 6.04 Å². The van der Waals surface area contributed by atoms with Crippen LogP contribution < -0.4 is 10.6 Å². The van der Waals surface area contributed by atoms with E-state index in [-0.39, 0.29) is 18.1 Å². The van der Waals surface area contributed by atoms with E-state index >= 15 is 0 Å². The van der Waals surface area contributed by atoms with Crippen molar-refractivity contribution >= 4 is 5.91 Å². The van der Waals surface area contributed by atoms with E-state index in [1.807, 2.05) is 6.92 Å². The fourth-order valence-electron chi connectivity index (χ4n) is 2.22. The Hall–Kier alpha value is -0.610. The molecule has 4 nitrogen and oxygen atoms in total. The van der Waals surface area contributed by atoms with Crippen LogP contribution in [-0.4, -0.2) is 37.7 Å². The second-order valence-electron chi connectivity index (χ2n) is 5.19. The highest BCUT2D eigenvalue weighted by Gasteiger charge is 2.19. The summed E-state index contributed by atoms with van der Waals surface area (Å²) in [6.45, 7) is 8.88. The highest BCUT2D eigenvalue weighted by molar-refractivity contribution is 5.80. The van der Waals surface area contributed by atoms with Crippen molar-refractivity contribution in [2.24, 2.45) is 5.92 Å². The monoisotopic (exact) mass is 256 g/mol. The van der Waals surface area contributed by atoms with Crippen LogP contribution in [0.25, 0.3) is 0 Å². The van der Waals surface area contributed by atoms with Gasteiger partial charge in [0.25, 0.3) is 0 Å². The van der Waals surface area contributed by atoms with Gasteiger partial charge in [-0.25, -0.2) is 0 Å². The molecule has 2 N–H and O–H groups in total. The highest BCUT2D eigenvalue weighted by Crippen LogP contribution is 2.12. The molecule has 0 spiro atoms. The van der Waals surface area contributed by atoms with Crippen LogP contribution in [0, 0.1) is 5.92 Å². The summed E-state index contributed by atoms with van der Waals surface area (Å²) in [5.41, 5.74) is 0. The molecule has 0 saturated carbocycles. The number of carbonyl (C=O) groups excluding carboxylic acids is 1. The Labute approximate surface area is 111 Å². The van der Waals surface area contributed by atoms with Crippen LogP contribution in [0.1, 0.15) is 46.5 Å². The van der Waals surface area contributed by atoms with Crippen LogP contribution in [-0.2, 0) is 9.53 Å². The smallest absolute Gasteiger partial charge is 0.249 e. The average Bonchev–Trinajstić information content (AvgIpc) is 2.42. The molecule has 18 heavy (non-hydrogen) atoms. The predicted molar refractivity (Wildman–Crippen MR) is 73.5 cm³/mol. The topological polar surface area (TPSA) is 50.4 Å². The second-order valence-corrected chi connectivity index (χ2v) is 5.19. The summed E-state index contributed by atoms with van der Waals surface area (Å²) in [7, 11) is 0. The molecule has 1 amide bonds. The lowest BCUT2D eigenvalue weighted by Gasteiger charge is -2.24. The van der Waals surface area contributed by atoms with Crippen LogP contribution in [0.2, 0.25) is 0 Å². The highest BCUT2D eigenvalue weighted by atomic mass is 16.5. The van der Waals surface area contributed by atoms with Crippen LogP contribution in [0.3, 0.4) is 0 Å². The lowest BCUT2D eigenvalue weighted by Crippen LogP contribution is -2.41. The van der Waals surface area contributed by atoms with Crippen molar-refractivity contribution in [2.45, 2.75) is 58.6 Å². The Bertz CT molecular complexity index is 236. The zero-order valence-electron chi connectivity index (χ0n) is 12.0. The van der Waals surface area contributed by atoms with Crippen molar-refractivity contribution in [2.75, 3.05) is 19.7 Å². The Kier molecular flexibility index (Phi) is 7.28. The molecule has 1 saturated heterocycles. The molecule has 106 valence electrons. The molecule has 1 aliphatic heterocycles. The molecule has 1 fully saturated rings. The first-order valence-electron chi connectivity index (χ1n) is 7.30. The van der Waals surface area contributed by atoms with Crippen molar-refractivity contribution in [3.8, 4) is 0 Å². The minimum absolute atomic E-state index is 0.0256. The fraction of sp³-hybridized carbons (Fsp3) is 0.929. The minimum Gasteiger partial charge on any atom is -0.368 e. The van der Waals surface area contributed by atoms with Gasteiger partial charge in [-0.15, -0.1) is 0 Å². The van der Waals surface area contributed by atoms with Gasteiger partial charge in [-0.3, -0.25) is 4.79 Å². The Morgan fingerprint density at radius 1 is 1.33 bits per heavy atom. The number of hydrogen-bond acceptors (Lipinski definition) is 3. The third kappa shape index (κ3) is 5.36. The molecule has 4 heteroatoms. The minimum atomic E-state index is -0.333. The number of amides is 1. The Balaban J connectivity index is 2.22.